The zero-order chi connectivity index (χ0) is 15.2. The SMILES string of the molecule is C#CCOc1ccccc1C(C=C)NC(=O)C(Cl)(Cl)Cl. The first kappa shape index (κ1) is 16.7. The van der Waals surface area contributed by atoms with Gasteiger partial charge in [-0.3, -0.25) is 4.79 Å². The first-order valence-corrected chi connectivity index (χ1v) is 6.69. The second-order valence-electron chi connectivity index (χ2n) is 3.72. The Hall–Kier alpha value is -1.34. The molecular formula is C14H12Cl3NO2. The van der Waals surface area contributed by atoms with Gasteiger partial charge in [0.2, 0.25) is 0 Å². The zero-order valence-electron chi connectivity index (χ0n) is 10.4. The van der Waals surface area contributed by atoms with Crippen molar-refractivity contribution >= 4 is 40.7 Å². The Labute approximate surface area is 132 Å². The van der Waals surface area contributed by atoms with E-state index in [1.807, 2.05) is 0 Å². The standard InChI is InChI=1S/C14H12Cl3NO2/c1-3-9-20-12-8-6-5-7-10(12)11(4-2)18-13(19)14(15,16)17/h1,4-8,11H,2,9H2,(H,18,19). The number of carbonyl (C=O) groups is 1. The van der Waals surface area contributed by atoms with Gasteiger partial charge in [0.05, 0.1) is 6.04 Å². The Morgan fingerprint density at radius 1 is 1.50 bits per heavy atom. The number of para-hydroxylation sites is 1. The number of nitrogens with one attached hydrogen (secondary N) is 1. The van der Waals surface area contributed by atoms with E-state index in [0.717, 1.165) is 0 Å². The summed E-state index contributed by atoms with van der Waals surface area (Å²) in [4.78, 5) is 11.7. The average Bonchev–Trinajstić information content (AvgIpc) is 2.41. The molecule has 0 radical (unpaired) electrons. The summed E-state index contributed by atoms with van der Waals surface area (Å²) in [5.41, 5.74) is 0.667. The number of carbonyl (C=O) groups excluding carboxylic acids is 1. The third-order valence-electron chi connectivity index (χ3n) is 2.34. The second-order valence-corrected chi connectivity index (χ2v) is 6.00. The summed E-state index contributed by atoms with van der Waals surface area (Å²) in [5, 5.41) is 2.56. The highest BCUT2D eigenvalue weighted by Gasteiger charge is 2.32. The van der Waals surface area contributed by atoms with Crippen LogP contribution >= 0.6 is 34.8 Å². The van der Waals surface area contributed by atoms with Gasteiger partial charge >= 0.3 is 0 Å². The average molecular weight is 333 g/mol. The highest BCUT2D eigenvalue weighted by molar-refractivity contribution is 6.76. The maximum atomic E-state index is 11.7. The number of hydrogen-bond acceptors (Lipinski definition) is 2. The van der Waals surface area contributed by atoms with Gasteiger partial charge in [-0.25, -0.2) is 0 Å². The Morgan fingerprint density at radius 2 is 2.15 bits per heavy atom. The van der Waals surface area contributed by atoms with Gasteiger partial charge in [0.25, 0.3) is 9.70 Å². The van der Waals surface area contributed by atoms with Gasteiger partial charge in [0, 0.05) is 5.56 Å². The number of hydrogen-bond donors (Lipinski definition) is 1. The van der Waals surface area contributed by atoms with Crippen LogP contribution in [0.2, 0.25) is 0 Å². The molecule has 0 bridgehead atoms. The molecule has 0 saturated carbocycles. The summed E-state index contributed by atoms with van der Waals surface area (Å²) in [6.45, 7) is 3.76. The number of halogens is 3. The van der Waals surface area contributed by atoms with Crippen LogP contribution < -0.4 is 10.1 Å². The Morgan fingerprint density at radius 3 is 2.70 bits per heavy atom. The van der Waals surface area contributed by atoms with Gasteiger partial charge in [-0.15, -0.1) is 13.0 Å². The summed E-state index contributed by atoms with van der Waals surface area (Å²) < 4.78 is 3.36. The molecule has 1 aromatic rings. The molecule has 1 aromatic carbocycles. The Kier molecular flexibility index (Phi) is 6.22. The van der Waals surface area contributed by atoms with E-state index in [4.69, 9.17) is 46.0 Å². The third kappa shape index (κ3) is 4.64. The molecule has 1 unspecified atom stereocenters. The molecule has 1 atom stereocenters. The van der Waals surface area contributed by atoms with Crippen LogP contribution in [0.1, 0.15) is 11.6 Å². The number of amides is 1. The highest BCUT2D eigenvalue weighted by atomic mass is 35.6. The molecular weight excluding hydrogens is 321 g/mol. The van der Waals surface area contributed by atoms with Crippen molar-refractivity contribution in [3.63, 3.8) is 0 Å². The van der Waals surface area contributed by atoms with E-state index in [1.165, 1.54) is 6.08 Å². The molecule has 20 heavy (non-hydrogen) atoms. The monoisotopic (exact) mass is 331 g/mol. The van der Waals surface area contributed by atoms with E-state index in [2.05, 4.69) is 17.8 Å². The summed E-state index contributed by atoms with van der Waals surface area (Å²) in [6.07, 6.45) is 6.66. The number of rotatable bonds is 5. The van der Waals surface area contributed by atoms with Crippen molar-refractivity contribution in [3.05, 3.63) is 42.5 Å². The zero-order valence-corrected chi connectivity index (χ0v) is 12.7. The number of ether oxygens (including phenoxy) is 1. The lowest BCUT2D eigenvalue weighted by molar-refractivity contribution is -0.120. The molecule has 0 aliphatic rings. The highest BCUT2D eigenvalue weighted by Crippen LogP contribution is 2.30. The van der Waals surface area contributed by atoms with Crippen molar-refractivity contribution in [1.82, 2.24) is 5.32 Å². The van der Waals surface area contributed by atoms with E-state index in [0.29, 0.717) is 11.3 Å². The number of benzene rings is 1. The maximum Gasteiger partial charge on any atom is 0.272 e. The first-order valence-electron chi connectivity index (χ1n) is 5.55. The van der Waals surface area contributed by atoms with Crippen molar-refractivity contribution in [1.29, 1.82) is 0 Å². The quantitative estimate of drug-likeness (QED) is 0.510. The van der Waals surface area contributed by atoms with Gasteiger partial charge in [0.1, 0.15) is 12.4 Å². The van der Waals surface area contributed by atoms with Crippen LogP contribution in [0, 0.1) is 12.3 Å². The van der Waals surface area contributed by atoms with Gasteiger partial charge in [-0.05, 0) is 6.07 Å². The predicted octanol–water partition coefficient (Wildman–Crippen LogP) is 3.41. The van der Waals surface area contributed by atoms with Gasteiger partial charge in [0.15, 0.2) is 0 Å². The van der Waals surface area contributed by atoms with Crippen LogP contribution in [0.25, 0.3) is 0 Å². The van der Waals surface area contributed by atoms with Gasteiger partial charge in [-0.2, -0.15) is 0 Å². The van der Waals surface area contributed by atoms with Crippen LogP contribution in [0.5, 0.6) is 5.75 Å². The van der Waals surface area contributed by atoms with Crippen LogP contribution in [0.4, 0.5) is 0 Å². The fraction of sp³-hybridized carbons (Fsp3) is 0.214. The minimum atomic E-state index is -2.05. The normalized spacial score (nSPS) is 12.1. The number of terminal acetylenes is 1. The fourth-order valence-electron chi connectivity index (χ4n) is 1.48. The molecule has 0 heterocycles. The molecule has 0 saturated heterocycles. The molecule has 1 rings (SSSR count). The Balaban J connectivity index is 2.98. The minimum absolute atomic E-state index is 0.110. The molecule has 0 spiro atoms. The molecule has 6 heteroatoms. The summed E-state index contributed by atoms with van der Waals surface area (Å²) >= 11 is 16.6. The second kappa shape index (κ2) is 7.44. The molecule has 0 aliphatic carbocycles. The maximum absolute atomic E-state index is 11.7. The van der Waals surface area contributed by atoms with Gasteiger partial charge < -0.3 is 10.1 Å². The molecule has 1 amide bonds. The number of alkyl halides is 3. The third-order valence-corrected chi connectivity index (χ3v) is 2.86. The van der Waals surface area contributed by atoms with Crippen molar-refractivity contribution in [2.24, 2.45) is 0 Å². The molecule has 3 nitrogen and oxygen atoms in total. The smallest absolute Gasteiger partial charge is 0.272 e. The lowest BCUT2D eigenvalue weighted by atomic mass is 10.1. The van der Waals surface area contributed by atoms with Crippen LogP contribution in [0.15, 0.2) is 36.9 Å². The molecule has 106 valence electrons. The molecule has 0 fully saturated rings. The van der Waals surface area contributed by atoms with Gasteiger partial charge in [-0.1, -0.05) is 65.0 Å². The summed E-state index contributed by atoms with van der Waals surface area (Å²) in [7, 11) is 0. The van der Waals surface area contributed by atoms with Crippen LogP contribution in [-0.2, 0) is 4.79 Å². The lowest BCUT2D eigenvalue weighted by Gasteiger charge is -2.20. The largest absolute Gasteiger partial charge is 0.481 e. The van der Waals surface area contributed by atoms with Crippen molar-refractivity contribution in [2.75, 3.05) is 6.61 Å². The topological polar surface area (TPSA) is 38.3 Å². The molecule has 1 N–H and O–H groups in total. The molecule has 0 aliphatic heterocycles. The van der Waals surface area contributed by atoms with E-state index < -0.39 is 15.7 Å². The lowest BCUT2D eigenvalue weighted by Crippen LogP contribution is -2.36. The van der Waals surface area contributed by atoms with Crippen LogP contribution in [0.3, 0.4) is 0 Å². The first-order chi connectivity index (χ1) is 9.40. The van der Waals surface area contributed by atoms with Crippen molar-refractivity contribution in [3.8, 4) is 18.1 Å². The van der Waals surface area contributed by atoms with Crippen molar-refractivity contribution in [2.45, 2.75) is 9.83 Å². The molecule has 0 aromatic heterocycles. The van der Waals surface area contributed by atoms with E-state index in [1.54, 1.807) is 24.3 Å². The Bertz CT molecular complexity index is 532. The fourth-order valence-corrected chi connectivity index (χ4v) is 1.64. The summed E-state index contributed by atoms with van der Waals surface area (Å²) in [5.74, 6) is 2.14. The van der Waals surface area contributed by atoms with E-state index >= 15 is 0 Å². The van der Waals surface area contributed by atoms with Crippen LogP contribution in [-0.4, -0.2) is 16.3 Å². The predicted molar refractivity (Wildman–Crippen MR) is 82.1 cm³/mol. The van der Waals surface area contributed by atoms with Crippen molar-refractivity contribution < 1.29 is 9.53 Å². The van der Waals surface area contributed by atoms with E-state index in [-0.39, 0.29) is 6.61 Å². The summed E-state index contributed by atoms with van der Waals surface area (Å²) in [6, 6.07) is 6.50. The minimum Gasteiger partial charge on any atom is -0.481 e. The van der Waals surface area contributed by atoms with E-state index in [9.17, 15) is 4.79 Å².